The van der Waals surface area contributed by atoms with Gasteiger partial charge in [0.05, 0.1) is 0 Å². The molecule has 1 aromatic heterocycles. The van der Waals surface area contributed by atoms with Crippen LogP contribution in [0.15, 0.2) is 6.33 Å². The van der Waals surface area contributed by atoms with Crippen LogP contribution in [-0.4, -0.2) is 27.7 Å². The molecule has 0 bridgehead atoms. The number of hydrogen-bond donors (Lipinski definition) is 4. The number of rotatable bonds is 8. The van der Waals surface area contributed by atoms with E-state index >= 15 is 0 Å². The van der Waals surface area contributed by atoms with Crippen molar-refractivity contribution in [1.82, 2.24) is 9.97 Å². The molecule has 5 N–H and O–H groups in total. The molecule has 1 atom stereocenters. The zero-order valence-corrected chi connectivity index (χ0v) is 12.0. The van der Waals surface area contributed by atoms with Gasteiger partial charge < -0.3 is 15.8 Å². The van der Waals surface area contributed by atoms with Gasteiger partial charge >= 0.3 is 0 Å². The van der Waals surface area contributed by atoms with Gasteiger partial charge in [-0.25, -0.2) is 15.8 Å². The van der Waals surface area contributed by atoms with E-state index in [0.717, 1.165) is 24.2 Å². The highest BCUT2D eigenvalue weighted by molar-refractivity contribution is 5.57. The lowest BCUT2D eigenvalue weighted by Crippen LogP contribution is -2.28. The van der Waals surface area contributed by atoms with Crippen molar-refractivity contribution >= 4 is 11.6 Å². The Kier molecular flexibility index (Phi) is 6.52. The molecule has 0 fully saturated rings. The Morgan fingerprint density at radius 3 is 2.53 bits per heavy atom. The third kappa shape index (κ3) is 4.33. The van der Waals surface area contributed by atoms with Gasteiger partial charge in [0.1, 0.15) is 18.0 Å². The Hall–Kier alpha value is -1.40. The fourth-order valence-corrected chi connectivity index (χ4v) is 2.03. The van der Waals surface area contributed by atoms with Crippen LogP contribution in [0.5, 0.6) is 0 Å². The van der Waals surface area contributed by atoms with Gasteiger partial charge in [0, 0.05) is 18.2 Å². The minimum Gasteiger partial charge on any atom is -0.396 e. The fraction of sp³-hybridized carbons (Fsp3) is 0.692. The maximum absolute atomic E-state index is 9.13. The molecule has 19 heavy (non-hydrogen) atoms. The average Bonchev–Trinajstić information content (AvgIpc) is 2.40. The molecule has 1 rings (SSSR count). The second-order valence-electron chi connectivity index (χ2n) is 4.95. The van der Waals surface area contributed by atoms with Crippen LogP contribution in [-0.2, 0) is 6.42 Å². The molecular formula is C13H25N5O. The molecule has 0 spiro atoms. The standard InChI is InChI=1S/C13H25N5O/c1-4-5-10-12(15-8-16-13(10)18-14)17-11(6-7-19)9(2)3/h8-9,11,19H,4-7,14H2,1-3H3,(H2,15,16,17,18). The first-order valence-electron chi connectivity index (χ1n) is 6.81. The normalized spacial score (nSPS) is 12.5. The van der Waals surface area contributed by atoms with Crippen LogP contribution in [0.2, 0.25) is 0 Å². The van der Waals surface area contributed by atoms with Crippen LogP contribution in [0.1, 0.15) is 39.2 Å². The minimum atomic E-state index is 0.159. The summed E-state index contributed by atoms with van der Waals surface area (Å²) in [5.74, 6) is 7.36. The van der Waals surface area contributed by atoms with Crippen molar-refractivity contribution in [3.63, 3.8) is 0 Å². The minimum absolute atomic E-state index is 0.159. The van der Waals surface area contributed by atoms with Crippen LogP contribution < -0.4 is 16.6 Å². The highest BCUT2D eigenvalue weighted by Gasteiger charge is 2.17. The Bertz CT molecular complexity index is 383. The summed E-state index contributed by atoms with van der Waals surface area (Å²) in [7, 11) is 0. The maximum atomic E-state index is 9.13. The number of nitrogens with zero attached hydrogens (tertiary/aromatic N) is 2. The van der Waals surface area contributed by atoms with Gasteiger partial charge in [-0.2, -0.15) is 0 Å². The van der Waals surface area contributed by atoms with E-state index < -0.39 is 0 Å². The van der Waals surface area contributed by atoms with Crippen molar-refractivity contribution in [3.05, 3.63) is 11.9 Å². The van der Waals surface area contributed by atoms with Gasteiger partial charge in [-0.15, -0.1) is 0 Å². The monoisotopic (exact) mass is 267 g/mol. The Morgan fingerprint density at radius 1 is 1.32 bits per heavy atom. The second-order valence-corrected chi connectivity index (χ2v) is 4.95. The predicted molar refractivity (Wildman–Crippen MR) is 77.8 cm³/mol. The molecule has 0 aliphatic heterocycles. The maximum Gasteiger partial charge on any atom is 0.148 e. The molecule has 0 amide bonds. The molecule has 1 aromatic rings. The molecule has 108 valence electrons. The highest BCUT2D eigenvalue weighted by Crippen LogP contribution is 2.23. The zero-order valence-electron chi connectivity index (χ0n) is 12.0. The first-order chi connectivity index (χ1) is 9.13. The third-order valence-corrected chi connectivity index (χ3v) is 3.15. The van der Waals surface area contributed by atoms with Gasteiger partial charge in [-0.3, -0.25) is 0 Å². The van der Waals surface area contributed by atoms with E-state index in [4.69, 9.17) is 10.9 Å². The molecule has 0 aromatic carbocycles. The number of hydrazine groups is 1. The molecule has 0 aliphatic rings. The lowest BCUT2D eigenvalue weighted by Gasteiger charge is -2.24. The molecule has 0 aliphatic carbocycles. The zero-order chi connectivity index (χ0) is 14.3. The molecule has 0 radical (unpaired) electrons. The van der Waals surface area contributed by atoms with Crippen molar-refractivity contribution < 1.29 is 5.11 Å². The third-order valence-electron chi connectivity index (χ3n) is 3.15. The lowest BCUT2D eigenvalue weighted by molar-refractivity contribution is 0.267. The molecule has 0 saturated carbocycles. The van der Waals surface area contributed by atoms with Gasteiger partial charge in [-0.05, 0) is 18.8 Å². The first-order valence-corrected chi connectivity index (χ1v) is 6.81. The van der Waals surface area contributed by atoms with Gasteiger partial charge in [0.25, 0.3) is 0 Å². The number of hydrogen-bond acceptors (Lipinski definition) is 6. The van der Waals surface area contributed by atoms with E-state index in [1.54, 1.807) is 0 Å². The molecule has 1 unspecified atom stereocenters. The number of aliphatic hydroxyl groups is 1. The van der Waals surface area contributed by atoms with Crippen molar-refractivity contribution in [3.8, 4) is 0 Å². The Morgan fingerprint density at radius 2 is 2.00 bits per heavy atom. The van der Waals surface area contributed by atoms with Gasteiger partial charge in [0.2, 0.25) is 0 Å². The summed E-state index contributed by atoms with van der Waals surface area (Å²) in [5.41, 5.74) is 3.61. The van der Waals surface area contributed by atoms with Crippen LogP contribution >= 0.6 is 0 Å². The van der Waals surface area contributed by atoms with Crippen molar-refractivity contribution in [1.29, 1.82) is 0 Å². The van der Waals surface area contributed by atoms with E-state index in [2.05, 4.69) is 41.5 Å². The number of nitrogens with two attached hydrogens (primary N) is 1. The van der Waals surface area contributed by atoms with E-state index in [0.29, 0.717) is 18.2 Å². The number of aliphatic hydroxyl groups excluding tert-OH is 1. The summed E-state index contributed by atoms with van der Waals surface area (Å²) in [6, 6.07) is 0.182. The van der Waals surface area contributed by atoms with E-state index in [9.17, 15) is 0 Å². The van der Waals surface area contributed by atoms with Gasteiger partial charge in [-0.1, -0.05) is 27.2 Å². The fourth-order valence-electron chi connectivity index (χ4n) is 2.03. The summed E-state index contributed by atoms with van der Waals surface area (Å²) in [6.45, 7) is 6.50. The number of nitrogens with one attached hydrogen (secondary N) is 2. The van der Waals surface area contributed by atoms with E-state index in [1.165, 1.54) is 6.33 Å². The Labute approximate surface area is 114 Å². The smallest absolute Gasteiger partial charge is 0.148 e. The van der Waals surface area contributed by atoms with Crippen LogP contribution in [0.3, 0.4) is 0 Å². The lowest BCUT2D eigenvalue weighted by atomic mass is 10.0. The second kappa shape index (κ2) is 7.91. The van der Waals surface area contributed by atoms with Crippen LogP contribution in [0.25, 0.3) is 0 Å². The number of anilines is 2. The summed E-state index contributed by atoms with van der Waals surface area (Å²) in [5, 5.41) is 12.5. The van der Waals surface area contributed by atoms with Crippen LogP contribution in [0.4, 0.5) is 11.6 Å². The summed E-state index contributed by atoms with van der Waals surface area (Å²) >= 11 is 0. The Balaban J connectivity index is 2.97. The van der Waals surface area contributed by atoms with Crippen molar-refractivity contribution in [2.45, 2.75) is 46.1 Å². The predicted octanol–water partition coefficient (Wildman–Crippen LogP) is 1.53. The number of aromatic nitrogens is 2. The number of nitrogen functional groups attached to an aromatic ring is 1. The van der Waals surface area contributed by atoms with Crippen molar-refractivity contribution in [2.24, 2.45) is 11.8 Å². The van der Waals surface area contributed by atoms with Crippen molar-refractivity contribution in [2.75, 3.05) is 17.3 Å². The van der Waals surface area contributed by atoms with E-state index in [-0.39, 0.29) is 12.6 Å². The molecule has 1 heterocycles. The first kappa shape index (κ1) is 15.7. The van der Waals surface area contributed by atoms with Crippen LogP contribution in [0, 0.1) is 5.92 Å². The molecule has 0 saturated heterocycles. The quantitative estimate of drug-likeness (QED) is 0.421. The summed E-state index contributed by atoms with van der Waals surface area (Å²) in [4.78, 5) is 8.45. The highest BCUT2D eigenvalue weighted by atomic mass is 16.3. The molecular weight excluding hydrogens is 242 g/mol. The SMILES string of the molecule is CCCc1c(NN)ncnc1NC(CCO)C(C)C. The average molecular weight is 267 g/mol. The summed E-state index contributed by atoms with van der Waals surface area (Å²) in [6.07, 6.45) is 4.03. The summed E-state index contributed by atoms with van der Waals surface area (Å²) < 4.78 is 0. The largest absolute Gasteiger partial charge is 0.396 e. The molecule has 6 heteroatoms. The topological polar surface area (TPSA) is 96.1 Å². The van der Waals surface area contributed by atoms with Gasteiger partial charge in [0.15, 0.2) is 0 Å². The van der Waals surface area contributed by atoms with E-state index in [1.807, 2.05) is 0 Å². The molecule has 6 nitrogen and oxygen atoms in total.